The Morgan fingerprint density at radius 2 is 1.65 bits per heavy atom. The van der Waals surface area contributed by atoms with Gasteiger partial charge in [-0.3, -0.25) is 0 Å². The molecule has 2 fully saturated rings. The number of nitrogens with zero attached hydrogens (tertiary/aromatic N) is 1. The first-order valence-corrected chi connectivity index (χ1v) is 13.4. The summed E-state index contributed by atoms with van der Waals surface area (Å²) in [6.07, 6.45) is 4.45. The molecule has 0 radical (unpaired) electrons. The SMILES string of the molecule is Cc1c(NCC2CCC(NS(=O)(=O)C(C)C)CC2)ccc(N2C[C@@H](C)O[C@@H](C)C2)c1C. The molecule has 1 aromatic rings. The summed E-state index contributed by atoms with van der Waals surface area (Å²) in [4.78, 5) is 2.45. The summed E-state index contributed by atoms with van der Waals surface area (Å²) in [5, 5.41) is 3.30. The maximum atomic E-state index is 12.1. The van der Waals surface area contributed by atoms with Crippen LogP contribution in [0.3, 0.4) is 0 Å². The van der Waals surface area contributed by atoms with E-state index in [-0.39, 0.29) is 23.5 Å². The number of benzene rings is 1. The minimum Gasteiger partial charge on any atom is -0.385 e. The van der Waals surface area contributed by atoms with E-state index in [0.717, 1.165) is 45.3 Å². The minimum absolute atomic E-state index is 0.0882. The fourth-order valence-corrected chi connectivity index (χ4v) is 5.79. The Morgan fingerprint density at radius 3 is 2.23 bits per heavy atom. The van der Waals surface area contributed by atoms with Crippen LogP contribution < -0.4 is 14.9 Å². The summed E-state index contributed by atoms with van der Waals surface area (Å²) in [6, 6.07) is 4.54. The van der Waals surface area contributed by atoms with Gasteiger partial charge in [-0.1, -0.05) is 0 Å². The molecule has 31 heavy (non-hydrogen) atoms. The van der Waals surface area contributed by atoms with Crippen molar-refractivity contribution in [1.29, 1.82) is 0 Å². The predicted molar refractivity (Wildman–Crippen MR) is 130 cm³/mol. The molecule has 1 aliphatic carbocycles. The predicted octanol–water partition coefficient (Wildman–Crippen LogP) is 4.22. The summed E-state index contributed by atoms with van der Waals surface area (Å²) in [5.41, 5.74) is 5.15. The summed E-state index contributed by atoms with van der Waals surface area (Å²) in [5.74, 6) is 0.583. The zero-order valence-electron chi connectivity index (χ0n) is 20.1. The van der Waals surface area contributed by atoms with Gasteiger partial charge in [0, 0.05) is 37.1 Å². The number of morpholine rings is 1. The van der Waals surface area contributed by atoms with Crippen molar-refractivity contribution in [2.75, 3.05) is 29.9 Å². The highest BCUT2D eigenvalue weighted by Crippen LogP contribution is 2.32. The van der Waals surface area contributed by atoms with Crippen LogP contribution in [0, 0.1) is 19.8 Å². The highest BCUT2D eigenvalue weighted by Gasteiger charge is 2.27. The van der Waals surface area contributed by atoms with Crippen LogP contribution in [0.1, 0.15) is 64.5 Å². The van der Waals surface area contributed by atoms with Crippen molar-refractivity contribution in [2.45, 2.75) is 90.7 Å². The fraction of sp³-hybridized carbons (Fsp3) is 0.750. The fourth-order valence-electron chi connectivity index (χ4n) is 4.82. The first kappa shape index (κ1) is 24.3. The molecule has 0 amide bonds. The standard InChI is InChI=1S/C24H41N3O3S/c1-16(2)31(28,29)26-22-9-7-21(8-10-22)13-25-23-11-12-24(20(6)19(23)5)27-14-17(3)30-18(4)15-27/h11-12,16-18,21-22,25-26H,7-10,13-15H2,1-6H3/t17-,18+,21?,22?. The highest BCUT2D eigenvalue weighted by molar-refractivity contribution is 7.90. The van der Waals surface area contributed by atoms with Crippen molar-refractivity contribution in [1.82, 2.24) is 4.72 Å². The molecule has 1 aromatic carbocycles. The molecule has 7 heteroatoms. The van der Waals surface area contributed by atoms with Crippen LogP contribution in [0.4, 0.5) is 11.4 Å². The number of hydrogen-bond acceptors (Lipinski definition) is 5. The van der Waals surface area contributed by atoms with Crippen LogP contribution in [0.2, 0.25) is 0 Å². The zero-order chi connectivity index (χ0) is 22.8. The van der Waals surface area contributed by atoms with Crippen LogP contribution in [0.5, 0.6) is 0 Å². The molecule has 1 heterocycles. The molecule has 0 bridgehead atoms. The van der Waals surface area contributed by atoms with Gasteiger partial charge in [0.05, 0.1) is 17.5 Å². The average Bonchev–Trinajstić information content (AvgIpc) is 2.69. The second kappa shape index (κ2) is 10.1. The van der Waals surface area contributed by atoms with Crippen LogP contribution >= 0.6 is 0 Å². The Morgan fingerprint density at radius 1 is 1.03 bits per heavy atom. The molecular weight excluding hydrogens is 410 g/mol. The molecule has 0 spiro atoms. The maximum absolute atomic E-state index is 12.1. The molecule has 1 aliphatic heterocycles. The Kier molecular flexibility index (Phi) is 7.92. The van der Waals surface area contributed by atoms with Gasteiger partial charge in [0.2, 0.25) is 10.0 Å². The Bertz CT molecular complexity index is 838. The molecule has 2 aliphatic rings. The van der Waals surface area contributed by atoms with E-state index in [2.05, 4.69) is 54.8 Å². The monoisotopic (exact) mass is 451 g/mol. The summed E-state index contributed by atoms with van der Waals surface area (Å²) in [7, 11) is -3.18. The quantitative estimate of drug-likeness (QED) is 0.650. The molecule has 3 rings (SSSR count). The van der Waals surface area contributed by atoms with Gasteiger partial charge < -0.3 is 15.0 Å². The third-order valence-electron chi connectivity index (χ3n) is 6.90. The summed E-state index contributed by atoms with van der Waals surface area (Å²) in [6.45, 7) is 15.0. The molecule has 6 nitrogen and oxygen atoms in total. The van der Waals surface area contributed by atoms with E-state index in [1.807, 2.05) is 0 Å². The number of nitrogens with one attached hydrogen (secondary N) is 2. The maximum Gasteiger partial charge on any atom is 0.214 e. The first-order valence-electron chi connectivity index (χ1n) is 11.8. The van der Waals surface area contributed by atoms with Gasteiger partial charge in [-0.25, -0.2) is 13.1 Å². The highest BCUT2D eigenvalue weighted by atomic mass is 32.2. The van der Waals surface area contributed by atoms with Gasteiger partial charge >= 0.3 is 0 Å². The van der Waals surface area contributed by atoms with Gasteiger partial charge in [0.25, 0.3) is 0 Å². The Labute approximate surface area is 189 Å². The smallest absolute Gasteiger partial charge is 0.214 e. The third-order valence-corrected chi connectivity index (χ3v) is 8.80. The lowest BCUT2D eigenvalue weighted by molar-refractivity contribution is -0.00524. The average molecular weight is 452 g/mol. The van der Waals surface area contributed by atoms with E-state index in [4.69, 9.17) is 4.74 Å². The van der Waals surface area contributed by atoms with Gasteiger partial charge in [0.15, 0.2) is 0 Å². The van der Waals surface area contributed by atoms with Crippen LogP contribution in [-0.4, -0.2) is 51.6 Å². The number of ether oxygens (including phenoxy) is 1. The topological polar surface area (TPSA) is 70.7 Å². The van der Waals surface area contributed by atoms with Crippen molar-refractivity contribution >= 4 is 21.4 Å². The van der Waals surface area contributed by atoms with E-state index in [9.17, 15) is 8.42 Å². The van der Waals surface area contributed by atoms with Crippen molar-refractivity contribution in [3.63, 3.8) is 0 Å². The van der Waals surface area contributed by atoms with Crippen molar-refractivity contribution in [2.24, 2.45) is 5.92 Å². The van der Waals surface area contributed by atoms with E-state index in [0.29, 0.717) is 5.92 Å². The van der Waals surface area contributed by atoms with Crippen molar-refractivity contribution < 1.29 is 13.2 Å². The van der Waals surface area contributed by atoms with Crippen molar-refractivity contribution in [3.05, 3.63) is 23.3 Å². The van der Waals surface area contributed by atoms with Crippen LogP contribution in [0.25, 0.3) is 0 Å². The summed E-state index contributed by atoms with van der Waals surface area (Å²) < 4.78 is 33.0. The Hall–Kier alpha value is -1.31. The molecule has 2 atom stereocenters. The van der Waals surface area contributed by atoms with Crippen LogP contribution in [-0.2, 0) is 14.8 Å². The number of hydrogen-bond donors (Lipinski definition) is 2. The second-order valence-corrected chi connectivity index (χ2v) is 12.1. The van der Waals surface area contributed by atoms with Crippen molar-refractivity contribution in [3.8, 4) is 0 Å². The van der Waals surface area contributed by atoms with Gasteiger partial charge in [-0.05, 0) is 96.4 Å². The molecular formula is C24H41N3O3S. The van der Waals surface area contributed by atoms with E-state index in [1.165, 1.54) is 22.5 Å². The minimum atomic E-state index is -3.18. The number of rotatable bonds is 7. The van der Waals surface area contributed by atoms with Gasteiger partial charge in [-0.15, -0.1) is 0 Å². The summed E-state index contributed by atoms with van der Waals surface area (Å²) >= 11 is 0. The first-order chi connectivity index (χ1) is 14.6. The Balaban J connectivity index is 1.54. The lowest BCUT2D eigenvalue weighted by Crippen LogP contribution is -2.45. The molecule has 1 saturated carbocycles. The largest absolute Gasteiger partial charge is 0.385 e. The van der Waals surface area contributed by atoms with E-state index < -0.39 is 10.0 Å². The van der Waals surface area contributed by atoms with Gasteiger partial charge in [0.1, 0.15) is 0 Å². The number of anilines is 2. The normalized spacial score (nSPS) is 27.5. The van der Waals surface area contributed by atoms with E-state index in [1.54, 1.807) is 13.8 Å². The second-order valence-electron chi connectivity index (χ2n) is 9.85. The molecule has 176 valence electrons. The third kappa shape index (κ3) is 6.14. The lowest BCUT2D eigenvalue weighted by Gasteiger charge is -2.38. The van der Waals surface area contributed by atoms with Crippen LogP contribution in [0.15, 0.2) is 12.1 Å². The molecule has 1 saturated heterocycles. The zero-order valence-corrected chi connectivity index (χ0v) is 20.9. The number of sulfonamides is 1. The molecule has 0 aromatic heterocycles. The van der Waals surface area contributed by atoms with E-state index >= 15 is 0 Å². The molecule has 2 N–H and O–H groups in total. The van der Waals surface area contributed by atoms with Gasteiger partial charge in [-0.2, -0.15) is 0 Å². The lowest BCUT2D eigenvalue weighted by atomic mass is 9.86. The molecule has 0 unspecified atom stereocenters.